The largest absolute Gasteiger partial charge is 0.394 e. The number of hydrogen-bond acceptors (Lipinski definition) is 8. The number of hydrogen-bond donors (Lipinski definition) is 6. The molecule has 2 aromatic rings. The molecule has 0 radical (unpaired) electrons. The van der Waals surface area contributed by atoms with Crippen molar-refractivity contribution in [3.63, 3.8) is 0 Å². The summed E-state index contributed by atoms with van der Waals surface area (Å²) >= 11 is 0. The third kappa shape index (κ3) is 7.80. The summed E-state index contributed by atoms with van der Waals surface area (Å²) in [6.07, 6.45) is 0.869. The van der Waals surface area contributed by atoms with Crippen molar-refractivity contribution in [2.24, 2.45) is 0 Å². The van der Waals surface area contributed by atoms with Crippen LogP contribution in [-0.4, -0.2) is 34.0 Å². The number of aromatic nitrogens is 2. The summed E-state index contributed by atoms with van der Waals surface area (Å²) in [7, 11) is -4.67. The smallest absolute Gasteiger partial charge is 0.393 e. The van der Waals surface area contributed by atoms with E-state index in [4.69, 9.17) is 34.7 Å². The van der Waals surface area contributed by atoms with Crippen molar-refractivity contribution in [1.29, 1.82) is 0 Å². The molecule has 2 rings (SSSR count). The van der Waals surface area contributed by atoms with E-state index in [9.17, 15) is 0 Å². The molecule has 23 heavy (non-hydrogen) atoms. The summed E-state index contributed by atoms with van der Waals surface area (Å²) in [5, 5.41) is 3.06. The number of nitrogens with two attached hydrogens (primary N) is 3. The fourth-order valence-electron chi connectivity index (χ4n) is 1.55. The first-order valence-electron chi connectivity index (χ1n) is 6.33. The zero-order chi connectivity index (χ0) is 17.5. The molecule has 1 aromatic carbocycles. The van der Waals surface area contributed by atoms with E-state index >= 15 is 0 Å². The van der Waals surface area contributed by atoms with Crippen LogP contribution in [0.5, 0.6) is 0 Å². The van der Waals surface area contributed by atoms with Crippen molar-refractivity contribution < 1.29 is 17.5 Å². The molecule has 11 heteroatoms. The van der Waals surface area contributed by atoms with Crippen molar-refractivity contribution >= 4 is 33.7 Å². The van der Waals surface area contributed by atoms with Gasteiger partial charge in [-0.05, 0) is 12.0 Å². The third-order valence-corrected chi connectivity index (χ3v) is 2.54. The molecule has 10 nitrogen and oxygen atoms in total. The quantitative estimate of drug-likeness (QED) is 0.419. The first-order chi connectivity index (χ1) is 10.7. The maximum absolute atomic E-state index is 8.74. The molecule has 1 heterocycles. The van der Waals surface area contributed by atoms with E-state index in [0.29, 0.717) is 12.5 Å². The van der Waals surface area contributed by atoms with Gasteiger partial charge in [-0.2, -0.15) is 18.4 Å². The summed E-state index contributed by atoms with van der Waals surface area (Å²) in [5.74, 6) is 0.796. The normalized spacial score (nSPS) is 10.5. The molecule has 0 aliphatic heterocycles. The van der Waals surface area contributed by atoms with E-state index in [1.807, 2.05) is 18.2 Å². The van der Waals surface area contributed by atoms with Gasteiger partial charge in [0.15, 0.2) is 11.6 Å². The van der Waals surface area contributed by atoms with Gasteiger partial charge in [0.05, 0.1) is 0 Å². The van der Waals surface area contributed by atoms with Gasteiger partial charge in [0, 0.05) is 6.54 Å². The average Bonchev–Trinajstić information content (AvgIpc) is 2.44. The lowest BCUT2D eigenvalue weighted by Gasteiger charge is -2.08. The highest BCUT2D eigenvalue weighted by molar-refractivity contribution is 7.79. The Hall–Kier alpha value is -2.63. The number of anilines is 4. The van der Waals surface area contributed by atoms with Crippen molar-refractivity contribution in [2.45, 2.75) is 6.42 Å². The highest BCUT2D eigenvalue weighted by Crippen LogP contribution is 2.19. The zero-order valence-electron chi connectivity index (χ0n) is 12.0. The van der Waals surface area contributed by atoms with Gasteiger partial charge < -0.3 is 22.5 Å². The fourth-order valence-corrected chi connectivity index (χ4v) is 1.55. The van der Waals surface area contributed by atoms with Crippen LogP contribution in [0.15, 0.2) is 30.3 Å². The van der Waals surface area contributed by atoms with E-state index in [-0.39, 0.29) is 17.3 Å². The fraction of sp³-hybridized carbons (Fsp3) is 0.167. The van der Waals surface area contributed by atoms with Crippen LogP contribution in [0.1, 0.15) is 5.56 Å². The minimum atomic E-state index is -4.67. The molecule has 0 bridgehead atoms. The Bertz CT molecular complexity index is 707. The molecule has 0 atom stereocenters. The van der Waals surface area contributed by atoms with Crippen LogP contribution in [0.3, 0.4) is 0 Å². The molecule has 0 spiro atoms. The van der Waals surface area contributed by atoms with Crippen LogP contribution in [-0.2, 0) is 16.8 Å². The molecule has 0 amide bonds. The van der Waals surface area contributed by atoms with Crippen molar-refractivity contribution in [3.05, 3.63) is 35.9 Å². The third-order valence-electron chi connectivity index (χ3n) is 2.54. The van der Waals surface area contributed by atoms with Crippen LogP contribution in [0.4, 0.5) is 23.3 Å². The van der Waals surface area contributed by atoms with Crippen LogP contribution < -0.4 is 22.5 Å². The maximum atomic E-state index is 8.74. The van der Waals surface area contributed by atoms with Crippen LogP contribution in [0, 0.1) is 0 Å². The summed E-state index contributed by atoms with van der Waals surface area (Å²) < 4.78 is 31.6. The van der Waals surface area contributed by atoms with Gasteiger partial charge in [-0.3, -0.25) is 9.11 Å². The van der Waals surface area contributed by atoms with Crippen LogP contribution in [0.2, 0.25) is 0 Å². The van der Waals surface area contributed by atoms with Gasteiger partial charge in [-0.25, -0.2) is 0 Å². The number of rotatable bonds is 4. The van der Waals surface area contributed by atoms with Gasteiger partial charge in [-0.15, -0.1) is 0 Å². The summed E-state index contributed by atoms with van der Waals surface area (Å²) in [5.41, 5.74) is 18.2. The topological polar surface area (TPSA) is 190 Å². The van der Waals surface area contributed by atoms with E-state index in [1.165, 1.54) is 5.56 Å². The van der Waals surface area contributed by atoms with Gasteiger partial charge >= 0.3 is 10.4 Å². The number of nitrogens with zero attached hydrogens (tertiary/aromatic N) is 2. The van der Waals surface area contributed by atoms with E-state index in [0.717, 1.165) is 6.42 Å². The molecule has 0 fully saturated rings. The van der Waals surface area contributed by atoms with Crippen LogP contribution >= 0.6 is 0 Å². The molecule has 0 aliphatic rings. The molecule has 126 valence electrons. The summed E-state index contributed by atoms with van der Waals surface area (Å²) in [6, 6.07) is 10.1. The zero-order valence-corrected chi connectivity index (χ0v) is 12.9. The minimum absolute atomic E-state index is 0.199. The van der Waals surface area contributed by atoms with E-state index < -0.39 is 10.4 Å². The highest BCUT2D eigenvalue weighted by Gasteiger charge is 2.05. The number of nitrogen functional groups attached to an aromatic ring is 3. The maximum Gasteiger partial charge on any atom is 0.394 e. The SMILES string of the molecule is Nc1nc(NCCc2ccccc2)nc(N)c1N.O=S(=O)(O)O. The molecule has 0 saturated heterocycles. The Balaban J connectivity index is 0.000000463. The predicted molar refractivity (Wildman–Crippen MR) is 88.1 cm³/mol. The van der Waals surface area contributed by atoms with E-state index in [2.05, 4.69) is 27.4 Å². The number of benzene rings is 1. The van der Waals surface area contributed by atoms with Gasteiger partial charge in [-0.1, -0.05) is 30.3 Å². The van der Waals surface area contributed by atoms with Crippen molar-refractivity contribution in [2.75, 3.05) is 29.1 Å². The lowest BCUT2D eigenvalue weighted by atomic mass is 10.1. The monoisotopic (exact) mass is 342 g/mol. The van der Waals surface area contributed by atoms with Crippen LogP contribution in [0.25, 0.3) is 0 Å². The van der Waals surface area contributed by atoms with E-state index in [1.54, 1.807) is 0 Å². The molecule has 0 unspecified atom stereocenters. The highest BCUT2D eigenvalue weighted by atomic mass is 32.3. The Morgan fingerprint density at radius 3 is 1.96 bits per heavy atom. The second kappa shape index (κ2) is 8.12. The second-order valence-electron chi connectivity index (χ2n) is 4.34. The standard InChI is InChI=1S/C12H16N6.H2O4S/c13-9-10(14)17-12(18-11(9)15)16-7-6-8-4-2-1-3-5-8;1-5(2,3)4/h1-5H,6-7,13H2,(H5,14,15,16,17,18);(H2,1,2,3,4). The first kappa shape index (κ1) is 18.4. The first-order valence-corrected chi connectivity index (χ1v) is 7.72. The summed E-state index contributed by atoms with van der Waals surface area (Å²) in [6.45, 7) is 0.701. The molecular formula is C12H18N6O4S. The molecule has 0 aliphatic carbocycles. The lowest BCUT2D eigenvalue weighted by molar-refractivity contribution is 0.381. The van der Waals surface area contributed by atoms with Gasteiger partial charge in [0.2, 0.25) is 5.95 Å². The Morgan fingerprint density at radius 2 is 1.48 bits per heavy atom. The lowest BCUT2D eigenvalue weighted by Crippen LogP contribution is -2.12. The van der Waals surface area contributed by atoms with Crippen molar-refractivity contribution in [1.82, 2.24) is 9.97 Å². The van der Waals surface area contributed by atoms with Gasteiger partial charge in [0.25, 0.3) is 0 Å². The van der Waals surface area contributed by atoms with Gasteiger partial charge in [0.1, 0.15) is 5.69 Å². The number of nitrogens with one attached hydrogen (secondary N) is 1. The molecule has 9 N–H and O–H groups in total. The second-order valence-corrected chi connectivity index (χ2v) is 5.24. The minimum Gasteiger partial charge on any atom is -0.393 e. The Morgan fingerprint density at radius 1 is 1.00 bits per heavy atom. The average molecular weight is 342 g/mol. The summed E-state index contributed by atoms with van der Waals surface area (Å²) in [4.78, 5) is 8.03. The Kier molecular flexibility index (Phi) is 6.50. The van der Waals surface area contributed by atoms with Crippen molar-refractivity contribution in [3.8, 4) is 0 Å². The predicted octanol–water partition coefficient (Wildman–Crippen LogP) is 0.225. The molecule has 0 saturated carbocycles. The Labute approximate surface area is 133 Å². The molecule has 1 aromatic heterocycles. The molecular weight excluding hydrogens is 324 g/mol.